The molecule has 2 aromatic carbocycles. The Bertz CT molecular complexity index is 850. The Morgan fingerprint density at radius 3 is 2.73 bits per heavy atom. The average Bonchev–Trinajstić information content (AvgIpc) is 3.40. The van der Waals surface area contributed by atoms with Gasteiger partial charge >= 0.3 is 0 Å². The summed E-state index contributed by atoms with van der Waals surface area (Å²) in [6, 6.07) is 15.7. The van der Waals surface area contributed by atoms with Gasteiger partial charge in [-0.3, -0.25) is 4.79 Å². The van der Waals surface area contributed by atoms with Gasteiger partial charge in [-0.05, 0) is 30.4 Å². The van der Waals surface area contributed by atoms with E-state index in [1.165, 1.54) is 6.33 Å². The largest absolute Gasteiger partial charge is 0.320 e. The first-order valence-electron chi connectivity index (χ1n) is 7.42. The van der Waals surface area contributed by atoms with Gasteiger partial charge in [0.2, 0.25) is 0 Å². The van der Waals surface area contributed by atoms with E-state index in [9.17, 15) is 4.79 Å². The molecule has 4 nitrogen and oxygen atoms in total. The molecule has 0 radical (unpaired) electrons. The van der Waals surface area contributed by atoms with E-state index in [0.29, 0.717) is 11.6 Å². The Hall–Kier alpha value is -2.75. The maximum Gasteiger partial charge on any atom is 0.274 e. The van der Waals surface area contributed by atoms with Gasteiger partial charge in [0.05, 0.1) is 0 Å². The first-order valence-corrected chi connectivity index (χ1v) is 7.42. The molecule has 0 unspecified atom stereocenters. The van der Waals surface area contributed by atoms with Gasteiger partial charge in [0, 0.05) is 22.7 Å². The van der Waals surface area contributed by atoms with Crippen LogP contribution in [-0.2, 0) is 0 Å². The monoisotopic (exact) mass is 289 g/mol. The molecule has 4 rings (SSSR count). The molecule has 0 atom stereocenters. The number of amides is 1. The van der Waals surface area contributed by atoms with Crippen molar-refractivity contribution in [2.45, 2.75) is 18.8 Å². The van der Waals surface area contributed by atoms with Crippen molar-refractivity contribution in [2.75, 3.05) is 5.32 Å². The van der Waals surface area contributed by atoms with E-state index in [1.54, 1.807) is 6.07 Å². The first-order chi connectivity index (χ1) is 10.8. The van der Waals surface area contributed by atoms with Crippen LogP contribution in [0.1, 0.15) is 34.9 Å². The van der Waals surface area contributed by atoms with Crippen LogP contribution in [0.5, 0.6) is 0 Å². The number of aromatic nitrogens is 2. The fourth-order valence-corrected chi connectivity index (χ4v) is 2.62. The number of benzene rings is 2. The molecule has 1 heterocycles. The molecule has 1 aliphatic rings. The summed E-state index contributed by atoms with van der Waals surface area (Å²) < 4.78 is 0. The highest BCUT2D eigenvalue weighted by Crippen LogP contribution is 2.38. The lowest BCUT2D eigenvalue weighted by atomic mass is 10.1. The standard InChI is InChI=1S/C18H15N3O/c22-18(17-10-16(13-8-9-13)19-11-20-17)21-15-7-3-5-12-4-1-2-6-14(12)15/h1-7,10-11,13H,8-9H2,(H,21,22). The number of nitrogens with one attached hydrogen (secondary N) is 1. The summed E-state index contributed by atoms with van der Waals surface area (Å²) in [6.07, 6.45) is 3.79. The van der Waals surface area contributed by atoms with Crippen molar-refractivity contribution >= 4 is 22.4 Å². The van der Waals surface area contributed by atoms with Crippen molar-refractivity contribution in [3.63, 3.8) is 0 Å². The number of hydrogen-bond donors (Lipinski definition) is 1. The number of rotatable bonds is 3. The highest BCUT2D eigenvalue weighted by Gasteiger charge is 2.26. The number of carbonyl (C=O) groups is 1. The zero-order valence-electron chi connectivity index (χ0n) is 12.0. The molecule has 1 fully saturated rings. The molecule has 0 saturated heterocycles. The highest BCUT2D eigenvalue weighted by atomic mass is 16.1. The molecular weight excluding hydrogens is 274 g/mol. The maximum absolute atomic E-state index is 12.5. The number of carbonyl (C=O) groups excluding carboxylic acids is 1. The second-order valence-electron chi connectivity index (χ2n) is 5.58. The summed E-state index contributed by atoms with van der Waals surface area (Å²) in [5.41, 5.74) is 2.19. The Labute approximate surface area is 128 Å². The molecule has 1 aromatic heterocycles. The summed E-state index contributed by atoms with van der Waals surface area (Å²) in [5.74, 6) is 0.313. The molecule has 1 amide bonds. The van der Waals surface area contributed by atoms with Gasteiger partial charge in [-0.2, -0.15) is 0 Å². The zero-order chi connectivity index (χ0) is 14.9. The summed E-state index contributed by atoms with van der Waals surface area (Å²) in [6.45, 7) is 0. The van der Waals surface area contributed by atoms with E-state index in [2.05, 4.69) is 15.3 Å². The van der Waals surface area contributed by atoms with Crippen molar-refractivity contribution in [1.29, 1.82) is 0 Å². The number of nitrogens with zero attached hydrogens (tertiary/aromatic N) is 2. The SMILES string of the molecule is O=C(Nc1cccc2ccccc12)c1cc(C2CC2)ncn1. The normalized spacial score (nSPS) is 14.0. The average molecular weight is 289 g/mol. The lowest BCUT2D eigenvalue weighted by Gasteiger charge is -2.08. The van der Waals surface area contributed by atoms with E-state index in [4.69, 9.17) is 0 Å². The Morgan fingerprint density at radius 2 is 1.86 bits per heavy atom. The van der Waals surface area contributed by atoms with E-state index < -0.39 is 0 Å². The molecule has 0 bridgehead atoms. The van der Waals surface area contributed by atoms with Crippen molar-refractivity contribution in [3.05, 3.63) is 66.2 Å². The fraction of sp³-hybridized carbons (Fsp3) is 0.167. The van der Waals surface area contributed by atoms with Crippen LogP contribution in [0.25, 0.3) is 10.8 Å². The lowest BCUT2D eigenvalue weighted by molar-refractivity contribution is 0.102. The van der Waals surface area contributed by atoms with Gasteiger partial charge in [0.25, 0.3) is 5.91 Å². The van der Waals surface area contributed by atoms with Crippen LogP contribution in [0.3, 0.4) is 0 Å². The van der Waals surface area contributed by atoms with Crippen molar-refractivity contribution < 1.29 is 4.79 Å². The lowest BCUT2D eigenvalue weighted by Crippen LogP contribution is -2.14. The molecule has 4 heteroatoms. The quantitative estimate of drug-likeness (QED) is 0.798. The minimum Gasteiger partial charge on any atom is -0.320 e. The Morgan fingerprint density at radius 1 is 1.05 bits per heavy atom. The third-order valence-corrected chi connectivity index (χ3v) is 3.95. The van der Waals surface area contributed by atoms with Crippen molar-refractivity contribution in [1.82, 2.24) is 9.97 Å². The third-order valence-electron chi connectivity index (χ3n) is 3.95. The smallest absolute Gasteiger partial charge is 0.274 e. The van der Waals surface area contributed by atoms with Gasteiger partial charge in [-0.1, -0.05) is 36.4 Å². The Kier molecular flexibility index (Phi) is 3.07. The molecule has 1 N–H and O–H groups in total. The highest BCUT2D eigenvalue weighted by molar-refractivity contribution is 6.08. The fourth-order valence-electron chi connectivity index (χ4n) is 2.62. The summed E-state index contributed by atoms with van der Waals surface area (Å²) in [7, 11) is 0. The molecule has 108 valence electrons. The molecule has 1 aliphatic carbocycles. The minimum atomic E-state index is -0.194. The molecule has 1 saturated carbocycles. The second kappa shape index (κ2) is 5.22. The molecular formula is C18H15N3O. The number of hydrogen-bond acceptors (Lipinski definition) is 3. The Balaban J connectivity index is 1.64. The van der Waals surface area contributed by atoms with Crippen molar-refractivity contribution in [2.24, 2.45) is 0 Å². The zero-order valence-corrected chi connectivity index (χ0v) is 12.0. The van der Waals surface area contributed by atoms with Crippen LogP contribution in [0, 0.1) is 0 Å². The minimum absolute atomic E-state index is 0.194. The van der Waals surface area contributed by atoms with Crippen LogP contribution in [0.2, 0.25) is 0 Å². The van der Waals surface area contributed by atoms with E-state index >= 15 is 0 Å². The van der Waals surface area contributed by atoms with E-state index in [0.717, 1.165) is 35.0 Å². The van der Waals surface area contributed by atoms with Crippen LogP contribution < -0.4 is 5.32 Å². The maximum atomic E-state index is 12.5. The third kappa shape index (κ3) is 2.44. The number of fused-ring (bicyclic) bond motifs is 1. The van der Waals surface area contributed by atoms with Crippen LogP contribution >= 0.6 is 0 Å². The molecule has 0 spiro atoms. The van der Waals surface area contributed by atoms with Gasteiger partial charge in [0.1, 0.15) is 12.0 Å². The molecule has 22 heavy (non-hydrogen) atoms. The van der Waals surface area contributed by atoms with Gasteiger partial charge in [-0.25, -0.2) is 9.97 Å². The van der Waals surface area contributed by atoms with E-state index in [1.807, 2.05) is 42.5 Å². The molecule has 0 aliphatic heterocycles. The second-order valence-corrected chi connectivity index (χ2v) is 5.58. The topological polar surface area (TPSA) is 54.9 Å². The predicted molar refractivity (Wildman–Crippen MR) is 85.9 cm³/mol. The van der Waals surface area contributed by atoms with Gasteiger partial charge in [0.15, 0.2) is 0 Å². The van der Waals surface area contributed by atoms with Gasteiger partial charge in [-0.15, -0.1) is 0 Å². The number of anilines is 1. The van der Waals surface area contributed by atoms with Gasteiger partial charge < -0.3 is 5.32 Å². The summed E-state index contributed by atoms with van der Waals surface area (Å²) in [4.78, 5) is 20.8. The predicted octanol–water partition coefficient (Wildman–Crippen LogP) is 3.76. The summed E-state index contributed by atoms with van der Waals surface area (Å²) >= 11 is 0. The molecule has 3 aromatic rings. The van der Waals surface area contributed by atoms with Crippen LogP contribution in [0.4, 0.5) is 5.69 Å². The van der Waals surface area contributed by atoms with E-state index in [-0.39, 0.29) is 5.91 Å². The van der Waals surface area contributed by atoms with Crippen LogP contribution in [-0.4, -0.2) is 15.9 Å². The summed E-state index contributed by atoms with van der Waals surface area (Å²) in [5, 5.41) is 5.08. The first kappa shape index (κ1) is 13.0. The van der Waals surface area contributed by atoms with Crippen LogP contribution in [0.15, 0.2) is 54.9 Å². The van der Waals surface area contributed by atoms with Crippen molar-refractivity contribution in [3.8, 4) is 0 Å².